The zero-order valence-corrected chi connectivity index (χ0v) is 20.2. The van der Waals surface area contributed by atoms with Crippen LogP contribution < -0.4 is 5.32 Å². The van der Waals surface area contributed by atoms with Gasteiger partial charge in [0.25, 0.3) is 15.7 Å². The van der Waals surface area contributed by atoms with Gasteiger partial charge in [0, 0.05) is 38.1 Å². The van der Waals surface area contributed by atoms with Crippen LogP contribution in [0.25, 0.3) is 0 Å². The molecule has 9 nitrogen and oxygen atoms in total. The molecule has 4 rings (SSSR count). The number of nitro groups is 1. The summed E-state index contributed by atoms with van der Waals surface area (Å²) < 4.78 is 28.4. The maximum Gasteiger partial charge on any atom is 0.289 e. The van der Waals surface area contributed by atoms with Crippen molar-refractivity contribution in [3.63, 3.8) is 0 Å². The molecule has 0 fully saturated rings. The summed E-state index contributed by atoms with van der Waals surface area (Å²) in [4.78, 5) is 19.0. The lowest BCUT2D eigenvalue weighted by molar-refractivity contribution is -0.387. The van der Waals surface area contributed by atoms with Crippen molar-refractivity contribution in [2.75, 3.05) is 0 Å². The Bertz CT molecular complexity index is 1400. The lowest BCUT2D eigenvalue weighted by Crippen LogP contribution is -2.31. The van der Waals surface area contributed by atoms with Crippen LogP contribution >= 0.6 is 0 Å². The highest BCUT2D eigenvalue weighted by Gasteiger charge is 2.31. The Kier molecular flexibility index (Phi) is 8.11. The second-order valence-electron chi connectivity index (χ2n) is 8.06. The zero-order chi connectivity index (χ0) is 25.4. The Balaban J connectivity index is 1.53. The highest BCUT2D eigenvalue weighted by Crippen LogP contribution is 2.28. The fourth-order valence-corrected chi connectivity index (χ4v) is 5.22. The van der Waals surface area contributed by atoms with E-state index in [0.29, 0.717) is 18.8 Å². The summed E-state index contributed by atoms with van der Waals surface area (Å²) in [7, 11) is -4.20. The van der Waals surface area contributed by atoms with E-state index in [2.05, 4.69) is 15.3 Å². The second-order valence-corrected chi connectivity index (χ2v) is 9.97. The molecule has 0 radical (unpaired) electrons. The van der Waals surface area contributed by atoms with E-state index in [-0.39, 0.29) is 18.0 Å². The van der Waals surface area contributed by atoms with Crippen LogP contribution in [0.3, 0.4) is 0 Å². The smallest absolute Gasteiger partial charge is 0.289 e. The molecule has 0 saturated carbocycles. The number of sulfonamides is 1. The Morgan fingerprint density at radius 2 is 1.36 bits per heavy atom. The third kappa shape index (κ3) is 6.36. The minimum absolute atomic E-state index is 0.0252. The van der Waals surface area contributed by atoms with E-state index < -0.39 is 20.6 Å². The highest BCUT2D eigenvalue weighted by molar-refractivity contribution is 7.89. The van der Waals surface area contributed by atoms with Crippen molar-refractivity contribution in [1.82, 2.24) is 19.6 Å². The third-order valence-corrected chi connectivity index (χ3v) is 7.33. The fourth-order valence-electron chi connectivity index (χ4n) is 3.67. The number of nitrogens with one attached hydrogen (secondary N) is 1. The first kappa shape index (κ1) is 25.1. The molecule has 0 atom stereocenters. The molecule has 0 saturated heterocycles. The van der Waals surface area contributed by atoms with Crippen LogP contribution in [0.5, 0.6) is 0 Å². The lowest BCUT2D eigenvalue weighted by atomic mass is 10.1. The van der Waals surface area contributed by atoms with Gasteiger partial charge in [-0.3, -0.25) is 20.1 Å². The first-order valence-corrected chi connectivity index (χ1v) is 12.7. The molecule has 0 amide bonds. The normalized spacial score (nSPS) is 11.5. The maximum atomic E-state index is 13.6. The topological polar surface area (TPSA) is 118 Å². The fraction of sp³-hybridized carbons (Fsp3) is 0.154. The number of hydrogen-bond donors (Lipinski definition) is 1. The highest BCUT2D eigenvalue weighted by atomic mass is 32.2. The molecule has 2 aromatic heterocycles. The summed E-state index contributed by atoms with van der Waals surface area (Å²) in [6.45, 7) is 1.27. The van der Waals surface area contributed by atoms with Crippen molar-refractivity contribution in [3.05, 3.63) is 130 Å². The van der Waals surface area contributed by atoms with E-state index in [4.69, 9.17) is 0 Å². The molecule has 10 heteroatoms. The second kappa shape index (κ2) is 11.6. The third-order valence-electron chi connectivity index (χ3n) is 5.49. The zero-order valence-electron chi connectivity index (χ0n) is 19.4. The van der Waals surface area contributed by atoms with Gasteiger partial charge in [-0.15, -0.1) is 0 Å². The van der Waals surface area contributed by atoms with Crippen molar-refractivity contribution >= 4 is 15.7 Å². The number of para-hydroxylation sites is 1. The monoisotopic (exact) mass is 503 g/mol. The van der Waals surface area contributed by atoms with Crippen molar-refractivity contribution in [2.24, 2.45) is 0 Å². The van der Waals surface area contributed by atoms with Gasteiger partial charge < -0.3 is 5.32 Å². The summed E-state index contributed by atoms with van der Waals surface area (Å²) >= 11 is 0. The number of pyridine rings is 2. The maximum absolute atomic E-state index is 13.6. The van der Waals surface area contributed by atoms with Crippen LogP contribution in [0.15, 0.2) is 102 Å². The average Bonchev–Trinajstić information content (AvgIpc) is 2.90. The van der Waals surface area contributed by atoms with Gasteiger partial charge in [-0.1, -0.05) is 48.5 Å². The molecule has 2 heterocycles. The van der Waals surface area contributed by atoms with E-state index in [1.165, 1.54) is 28.6 Å². The summed E-state index contributed by atoms with van der Waals surface area (Å²) in [5.41, 5.74) is 2.81. The van der Waals surface area contributed by atoms with Crippen LogP contribution in [0.1, 0.15) is 22.5 Å². The van der Waals surface area contributed by atoms with Gasteiger partial charge in [0.15, 0.2) is 4.90 Å². The van der Waals surface area contributed by atoms with Gasteiger partial charge in [0.05, 0.1) is 22.9 Å². The number of rotatable bonds is 11. The van der Waals surface area contributed by atoms with Crippen LogP contribution in [0.4, 0.5) is 5.69 Å². The average molecular weight is 504 g/mol. The Labute approximate surface area is 209 Å². The van der Waals surface area contributed by atoms with Crippen molar-refractivity contribution in [3.8, 4) is 0 Å². The standard InChI is InChI=1S/C26H25N5O4S/c32-31(33)25-9-1-2-10-26(25)36(34,35)30(20-24-8-4-6-16-29-24)19-22-13-11-21(12-14-22)17-27-18-23-7-3-5-15-28-23/h1-16,27H,17-20H2. The molecular formula is C26H25N5O4S. The molecule has 36 heavy (non-hydrogen) atoms. The molecule has 0 spiro atoms. The van der Waals surface area contributed by atoms with Gasteiger partial charge in [0.1, 0.15) is 0 Å². The first-order chi connectivity index (χ1) is 17.4. The van der Waals surface area contributed by atoms with Crippen LogP contribution in [0.2, 0.25) is 0 Å². The molecule has 0 aliphatic heterocycles. The molecule has 4 aromatic rings. The minimum Gasteiger partial charge on any atom is -0.307 e. The predicted molar refractivity (Wildman–Crippen MR) is 135 cm³/mol. The first-order valence-electron chi connectivity index (χ1n) is 11.3. The van der Waals surface area contributed by atoms with E-state index >= 15 is 0 Å². The molecule has 2 aromatic carbocycles. The van der Waals surface area contributed by atoms with Crippen LogP contribution in [-0.4, -0.2) is 27.6 Å². The Morgan fingerprint density at radius 3 is 2.00 bits per heavy atom. The number of nitro benzene ring substituents is 1. The largest absolute Gasteiger partial charge is 0.307 e. The number of aromatic nitrogens is 2. The summed E-state index contributed by atoms with van der Waals surface area (Å²) in [6, 6.07) is 23.9. The Hall–Kier alpha value is -3.99. The molecule has 0 unspecified atom stereocenters. The van der Waals surface area contributed by atoms with Gasteiger partial charge >= 0.3 is 0 Å². The molecule has 0 aliphatic rings. The van der Waals surface area contributed by atoms with Gasteiger partial charge in [-0.2, -0.15) is 4.31 Å². The quantitative estimate of drug-likeness (QED) is 0.242. The van der Waals surface area contributed by atoms with Gasteiger partial charge in [-0.05, 0) is 41.5 Å². The van der Waals surface area contributed by atoms with Gasteiger partial charge in [-0.25, -0.2) is 8.42 Å². The number of benzene rings is 2. The van der Waals surface area contributed by atoms with Crippen LogP contribution in [-0.2, 0) is 36.2 Å². The molecule has 184 valence electrons. The number of nitrogens with zero attached hydrogens (tertiary/aromatic N) is 4. The summed E-state index contributed by atoms with van der Waals surface area (Å²) in [5, 5.41) is 14.9. The van der Waals surface area contributed by atoms with Crippen LogP contribution in [0, 0.1) is 10.1 Å². The van der Waals surface area contributed by atoms with Gasteiger partial charge in [0.2, 0.25) is 0 Å². The molecule has 1 N–H and O–H groups in total. The minimum atomic E-state index is -4.20. The molecule has 0 aliphatic carbocycles. The van der Waals surface area contributed by atoms with E-state index in [1.807, 2.05) is 42.5 Å². The Morgan fingerprint density at radius 1 is 0.750 bits per heavy atom. The van der Waals surface area contributed by atoms with E-state index in [1.54, 1.807) is 30.6 Å². The number of hydrogen-bond acceptors (Lipinski definition) is 7. The van der Waals surface area contributed by atoms with Crippen molar-refractivity contribution in [1.29, 1.82) is 0 Å². The van der Waals surface area contributed by atoms with Crippen molar-refractivity contribution in [2.45, 2.75) is 31.1 Å². The SMILES string of the molecule is O=[N+]([O-])c1ccccc1S(=O)(=O)N(Cc1ccc(CNCc2ccccn2)cc1)Cc1ccccn1. The summed E-state index contributed by atoms with van der Waals surface area (Å²) in [5.74, 6) is 0. The lowest BCUT2D eigenvalue weighted by Gasteiger charge is -2.22. The van der Waals surface area contributed by atoms with E-state index in [0.717, 1.165) is 16.8 Å². The molecular weight excluding hydrogens is 478 g/mol. The van der Waals surface area contributed by atoms with E-state index in [9.17, 15) is 18.5 Å². The summed E-state index contributed by atoms with van der Waals surface area (Å²) in [6.07, 6.45) is 3.33. The predicted octanol–water partition coefficient (Wildman–Crippen LogP) is 4.07. The molecule has 0 bridgehead atoms. The van der Waals surface area contributed by atoms with Crippen molar-refractivity contribution < 1.29 is 13.3 Å².